The van der Waals surface area contributed by atoms with Crippen LogP contribution in [0, 0.1) is 0 Å². The van der Waals surface area contributed by atoms with Crippen molar-refractivity contribution in [1.82, 2.24) is 0 Å². The minimum atomic E-state index is -0.302. The third-order valence-electron chi connectivity index (χ3n) is 3.59. The fourth-order valence-electron chi connectivity index (χ4n) is 2.57. The maximum absolute atomic E-state index is 12.1. The van der Waals surface area contributed by atoms with Crippen molar-refractivity contribution in [2.24, 2.45) is 0 Å². The van der Waals surface area contributed by atoms with Gasteiger partial charge in [0.15, 0.2) is 0 Å². The van der Waals surface area contributed by atoms with Gasteiger partial charge < -0.3 is 9.15 Å². The van der Waals surface area contributed by atoms with Gasteiger partial charge in [0.2, 0.25) is 0 Å². The van der Waals surface area contributed by atoms with E-state index in [9.17, 15) is 4.79 Å². The fourth-order valence-corrected chi connectivity index (χ4v) is 2.57. The summed E-state index contributed by atoms with van der Waals surface area (Å²) in [4.78, 5) is 12.1. The maximum Gasteiger partial charge on any atom is 0.343 e. The van der Waals surface area contributed by atoms with Crippen molar-refractivity contribution >= 4 is 10.8 Å². The van der Waals surface area contributed by atoms with Crippen LogP contribution in [0.15, 0.2) is 57.7 Å². The van der Waals surface area contributed by atoms with Crippen LogP contribution < -0.4 is 10.4 Å². The second-order valence-electron chi connectivity index (χ2n) is 4.82. The highest BCUT2D eigenvalue weighted by Gasteiger charge is 2.14. The lowest BCUT2D eigenvalue weighted by Gasteiger charge is -2.11. The normalized spacial score (nSPS) is 10.8. The Balaban J connectivity index is 2.44. The number of hydrogen-bond acceptors (Lipinski definition) is 3. The van der Waals surface area contributed by atoms with Gasteiger partial charge in [-0.15, -0.1) is 0 Å². The van der Waals surface area contributed by atoms with Crippen molar-refractivity contribution in [1.29, 1.82) is 0 Å². The molecule has 0 saturated carbocycles. The number of rotatable bonds is 3. The van der Waals surface area contributed by atoms with E-state index in [0.29, 0.717) is 17.6 Å². The topological polar surface area (TPSA) is 39.4 Å². The fraction of sp³-hybridized carbons (Fsp3) is 0.167. The molecule has 1 heterocycles. The van der Waals surface area contributed by atoms with Gasteiger partial charge in [-0.2, -0.15) is 0 Å². The SMILES string of the molecule is CCc1oc(=O)c2ccc(OC)cc2c1-c1ccccc1. The quantitative estimate of drug-likeness (QED) is 0.727. The molecule has 0 unspecified atom stereocenters. The average molecular weight is 280 g/mol. The molecule has 3 rings (SSSR count). The molecule has 106 valence electrons. The van der Waals surface area contributed by atoms with Crippen molar-refractivity contribution in [3.05, 3.63) is 64.7 Å². The smallest absolute Gasteiger partial charge is 0.343 e. The van der Waals surface area contributed by atoms with Crippen molar-refractivity contribution in [2.45, 2.75) is 13.3 Å². The summed E-state index contributed by atoms with van der Waals surface area (Å²) in [7, 11) is 1.62. The van der Waals surface area contributed by atoms with Gasteiger partial charge in [-0.1, -0.05) is 37.3 Å². The second kappa shape index (κ2) is 5.44. The first-order chi connectivity index (χ1) is 10.2. The maximum atomic E-state index is 12.1. The zero-order chi connectivity index (χ0) is 14.8. The van der Waals surface area contributed by atoms with E-state index in [1.807, 2.05) is 43.3 Å². The molecule has 0 radical (unpaired) electrons. The molecule has 2 aromatic carbocycles. The summed E-state index contributed by atoms with van der Waals surface area (Å²) in [5.41, 5.74) is 1.70. The molecule has 21 heavy (non-hydrogen) atoms. The van der Waals surface area contributed by atoms with Crippen LogP contribution in [0.2, 0.25) is 0 Å². The van der Waals surface area contributed by atoms with Crippen LogP contribution in [-0.2, 0) is 6.42 Å². The Bertz CT molecular complexity index is 832. The molecule has 0 saturated heterocycles. The van der Waals surface area contributed by atoms with E-state index >= 15 is 0 Å². The molecule has 0 amide bonds. The Morgan fingerprint density at radius 3 is 2.48 bits per heavy atom. The molecule has 0 aliphatic rings. The van der Waals surface area contributed by atoms with Crippen molar-refractivity contribution < 1.29 is 9.15 Å². The average Bonchev–Trinajstić information content (AvgIpc) is 2.54. The van der Waals surface area contributed by atoms with Crippen LogP contribution in [0.25, 0.3) is 21.9 Å². The minimum Gasteiger partial charge on any atom is -0.497 e. The summed E-state index contributed by atoms with van der Waals surface area (Å²) in [5.74, 6) is 1.43. The first kappa shape index (κ1) is 13.4. The van der Waals surface area contributed by atoms with Gasteiger partial charge in [-0.05, 0) is 23.8 Å². The predicted molar refractivity (Wildman–Crippen MR) is 83.9 cm³/mol. The van der Waals surface area contributed by atoms with Gasteiger partial charge in [0.05, 0.1) is 12.5 Å². The van der Waals surface area contributed by atoms with E-state index in [0.717, 1.165) is 22.3 Å². The lowest BCUT2D eigenvalue weighted by atomic mass is 9.97. The lowest BCUT2D eigenvalue weighted by Crippen LogP contribution is -2.04. The molecular weight excluding hydrogens is 264 g/mol. The molecule has 0 aliphatic carbocycles. The van der Waals surface area contributed by atoms with Crippen LogP contribution in [-0.4, -0.2) is 7.11 Å². The van der Waals surface area contributed by atoms with E-state index in [2.05, 4.69) is 0 Å². The first-order valence-electron chi connectivity index (χ1n) is 6.93. The summed E-state index contributed by atoms with van der Waals surface area (Å²) in [6, 6.07) is 15.4. The third kappa shape index (κ3) is 2.31. The molecule has 0 N–H and O–H groups in total. The van der Waals surface area contributed by atoms with E-state index in [-0.39, 0.29) is 5.63 Å². The number of aryl methyl sites for hydroxylation is 1. The van der Waals surface area contributed by atoms with E-state index in [1.165, 1.54) is 0 Å². The van der Waals surface area contributed by atoms with Crippen LogP contribution >= 0.6 is 0 Å². The van der Waals surface area contributed by atoms with Gasteiger partial charge in [0.25, 0.3) is 0 Å². The number of fused-ring (bicyclic) bond motifs is 1. The summed E-state index contributed by atoms with van der Waals surface area (Å²) in [6.45, 7) is 1.98. The number of benzene rings is 2. The molecule has 3 heteroatoms. The third-order valence-corrected chi connectivity index (χ3v) is 3.59. The van der Waals surface area contributed by atoms with E-state index < -0.39 is 0 Å². The van der Waals surface area contributed by atoms with Crippen molar-refractivity contribution in [3.8, 4) is 16.9 Å². The molecule has 1 aromatic heterocycles. The lowest BCUT2D eigenvalue weighted by molar-refractivity contribution is 0.415. The Morgan fingerprint density at radius 2 is 1.81 bits per heavy atom. The van der Waals surface area contributed by atoms with Crippen LogP contribution in [0.4, 0.5) is 0 Å². The molecule has 0 fully saturated rings. The highest BCUT2D eigenvalue weighted by atomic mass is 16.5. The van der Waals surface area contributed by atoms with Gasteiger partial charge in [0.1, 0.15) is 11.5 Å². The highest BCUT2D eigenvalue weighted by Crippen LogP contribution is 2.32. The van der Waals surface area contributed by atoms with Crippen LogP contribution in [0.5, 0.6) is 5.75 Å². The highest BCUT2D eigenvalue weighted by molar-refractivity contribution is 5.97. The van der Waals surface area contributed by atoms with E-state index in [1.54, 1.807) is 19.2 Å². The molecule has 0 atom stereocenters. The Hall–Kier alpha value is -2.55. The zero-order valence-electron chi connectivity index (χ0n) is 12.1. The van der Waals surface area contributed by atoms with Crippen molar-refractivity contribution in [3.63, 3.8) is 0 Å². The number of methoxy groups -OCH3 is 1. The summed E-state index contributed by atoms with van der Waals surface area (Å²) >= 11 is 0. The van der Waals surface area contributed by atoms with Crippen LogP contribution in [0.1, 0.15) is 12.7 Å². The zero-order valence-corrected chi connectivity index (χ0v) is 12.1. The van der Waals surface area contributed by atoms with Crippen molar-refractivity contribution in [2.75, 3.05) is 7.11 Å². The van der Waals surface area contributed by atoms with Gasteiger partial charge in [-0.25, -0.2) is 4.79 Å². The predicted octanol–water partition coefficient (Wildman–Crippen LogP) is 4.03. The minimum absolute atomic E-state index is 0.302. The van der Waals surface area contributed by atoms with Gasteiger partial charge in [-0.3, -0.25) is 0 Å². The van der Waals surface area contributed by atoms with Crippen LogP contribution in [0.3, 0.4) is 0 Å². The largest absolute Gasteiger partial charge is 0.497 e. The standard InChI is InChI=1S/C18H16O3/c1-3-16-17(12-7-5-4-6-8-12)15-11-13(20-2)9-10-14(15)18(19)21-16/h4-11H,3H2,1-2H3. The van der Waals surface area contributed by atoms with Gasteiger partial charge in [0, 0.05) is 17.4 Å². The monoisotopic (exact) mass is 280 g/mol. The number of hydrogen-bond donors (Lipinski definition) is 0. The Kier molecular flexibility index (Phi) is 3.48. The number of ether oxygens (including phenoxy) is 1. The first-order valence-corrected chi connectivity index (χ1v) is 6.93. The molecule has 3 nitrogen and oxygen atoms in total. The molecular formula is C18H16O3. The summed E-state index contributed by atoms with van der Waals surface area (Å²) < 4.78 is 10.8. The second-order valence-corrected chi connectivity index (χ2v) is 4.82. The molecule has 3 aromatic rings. The molecule has 0 aliphatic heterocycles. The Morgan fingerprint density at radius 1 is 1.05 bits per heavy atom. The summed E-state index contributed by atoms with van der Waals surface area (Å²) in [5, 5.41) is 1.44. The summed E-state index contributed by atoms with van der Waals surface area (Å²) in [6.07, 6.45) is 0.659. The van der Waals surface area contributed by atoms with Gasteiger partial charge >= 0.3 is 5.63 Å². The molecule has 0 bridgehead atoms. The van der Waals surface area contributed by atoms with E-state index in [4.69, 9.17) is 9.15 Å². The Labute approximate surface area is 122 Å². The molecule has 0 spiro atoms.